The molecule has 1 aromatic heterocycles. The molecule has 0 atom stereocenters. The fraction of sp³-hybridized carbons (Fsp3) is 0.333. The van der Waals surface area contributed by atoms with Gasteiger partial charge >= 0.3 is 0 Å². The van der Waals surface area contributed by atoms with Crippen molar-refractivity contribution in [2.24, 2.45) is 4.99 Å². The number of amides is 1. The van der Waals surface area contributed by atoms with E-state index in [2.05, 4.69) is 39.3 Å². The van der Waals surface area contributed by atoms with Gasteiger partial charge in [-0.1, -0.05) is 12.1 Å². The number of benzene rings is 1. The summed E-state index contributed by atoms with van der Waals surface area (Å²) in [6.45, 7) is 3.41. The molecule has 0 saturated heterocycles. The first-order chi connectivity index (χ1) is 12.1. The Hall–Kier alpha value is -1.81. The molecule has 1 amide bonds. The molecule has 2 rings (SSSR count). The normalized spacial score (nSPS) is 10.7. The van der Waals surface area contributed by atoms with Crippen LogP contribution in [0.25, 0.3) is 0 Å². The summed E-state index contributed by atoms with van der Waals surface area (Å²) in [7, 11) is 3.31. The Labute approximate surface area is 175 Å². The standard InChI is InChI=1S/C18H24N4O2S.HI/c1-13-8-9-25-16(13)11-21-18(19-2)22-12-17(23)20-10-14-4-6-15(24-3)7-5-14;/h4-9H,10-12H2,1-3H3,(H,20,23)(H2,19,21,22);1H. The number of rotatable bonds is 7. The highest BCUT2D eigenvalue weighted by Gasteiger charge is 2.05. The molecule has 2 aromatic rings. The first-order valence-corrected chi connectivity index (χ1v) is 8.87. The van der Waals surface area contributed by atoms with Crippen molar-refractivity contribution in [1.29, 1.82) is 0 Å². The Morgan fingerprint density at radius 1 is 1.12 bits per heavy atom. The predicted octanol–water partition coefficient (Wildman–Crippen LogP) is 2.66. The van der Waals surface area contributed by atoms with Crippen molar-refractivity contribution in [2.75, 3.05) is 20.7 Å². The van der Waals surface area contributed by atoms with Gasteiger partial charge in [0.05, 0.1) is 20.2 Å². The van der Waals surface area contributed by atoms with Crippen LogP contribution >= 0.6 is 35.3 Å². The summed E-state index contributed by atoms with van der Waals surface area (Å²) < 4.78 is 5.11. The van der Waals surface area contributed by atoms with Crippen LogP contribution in [0.2, 0.25) is 0 Å². The van der Waals surface area contributed by atoms with Gasteiger partial charge in [-0.05, 0) is 41.6 Å². The maximum atomic E-state index is 12.0. The van der Waals surface area contributed by atoms with E-state index in [1.54, 1.807) is 25.5 Å². The summed E-state index contributed by atoms with van der Waals surface area (Å²) in [5.74, 6) is 1.31. The second kappa shape index (κ2) is 11.7. The van der Waals surface area contributed by atoms with Crippen LogP contribution in [-0.4, -0.2) is 32.6 Å². The molecule has 0 bridgehead atoms. The van der Waals surface area contributed by atoms with Gasteiger partial charge in [-0.15, -0.1) is 35.3 Å². The molecule has 8 heteroatoms. The molecule has 0 unspecified atom stereocenters. The molecule has 26 heavy (non-hydrogen) atoms. The van der Waals surface area contributed by atoms with Gasteiger partial charge < -0.3 is 20.7 Å². The van der Waals surface area contributed by atoms with Crippen molar-refractivity contribution in [3.05, 3.63) is 51.7 Å². The maximum Gasteiger partial charge on any atom is 0.239 e. The molecule has 0 aliphatic carbocycles. The first-order valence-electron chi connectivity index (χ1n) is 7.99. The van der Waals surface area contributed by atoms with Gasteiger partial charge in [-0.3, -0.25) is 9.79 Å². The summed E-state index contributed by atoms with van der Waals surface area (Å²) in [6.07, 6.45) is 0. The summed E-state index contributed by atoms with van der Waals surface area (Å²) in [5, 5.41) is 11.2. The molecule has 0 aliphatic heterocycles. The molecule has 142 valence electrons. The van der Waals surface area contributed by atoms with E-state index < -0.39 is 0 Å². The minimum Gasteiger partial charge on any atom is -0.497 e. The Morgan fingerprint density at radius 3 is 2.42 bits per heavy atom. The fourth-order valence-corrected chi connectivity index (χ4v) is 2.99. The van der Waals surface area contributed by atoms with Crippen LogP contribution in [-0.2, 0) is 17.9 Å². The molecule has 0 saturated carbocycles. The number of nitrogens with zero attached hydrogens (tertiary/aromatic N) is 1. The number of nitrogens with one attached hydrogen (secondary N) is 3. The Bertz CT molecular complexity index is 716. The number of aliphatic imine (C=N–C) groups is 1. The SMILES string of the molecule is CN=C(NCC(=O)NCc1ccc(OC)cc1)NCc1sccc1C.I. The quantitative estimate of drug-likeness (QED) is 0.319. The molecule has 1 heterocycles. The average Bonchev–Trinajstić information content (AvgIpc) is 3.05. The van der Waals surface area contributed by atoms with E-state index >= 15 is 0 Å². The summed E-state index contributed by atoms with van der Waals surface area (Å²) in [5.41, 5.74) is 2.27. The molecule has 0 fully saturated rings. The number of carbonyl (C=O) groups excluding carboxylic acids is 1. The lowest BCUT2D eigenvalue weighted by Crippen LogP contribution is -2.42. The topological polar surface area (TPSA) is 74.8 Å². The predicted molar refractivity (Wildman–Crippen MR) is 118 cm³/mol. The number of ether oxygens (including phenoxy) is 1. The Morgan fingerprint density at radius 2 is 1.85 bits per heavy atom. The minimum atomic E-state index is -0.0916. The van der Waals surface area contributed by atoms with Crippen molar-refractivity contribution in [1.82, 2.24) is 16.0 Å². The number of hydrogen-bond donors (Lipinski definition) is 3. The third-order valence-corrected chi connectivity index (χ3v) is 4.70. The summed E-state index contributed by atoms with van der Waals surface area (Å²) in [6, 6.07) is 9.69. The van der Waals surface area contributed by atoms with Crippen LogP contribution in [0, 0.1) is 6.92 Å². The minimum absolute atomic E-state index is 0. The zero-order chi connectivity index (χ0) is 18.1. The third kappa shape index (κ3) is 7.20. The van der Waals surface area contributed by atoms with E-state index in [0.717, 1.165) is 11.3 Å². The number of thiophene rings is 1. The van der Waals surface area contributed by atoms with Gasteiger partial charge in [0.1, 0.15) is 5.75 Å². The highest BCUT2D eigenvalue weighted by molar-refractivity contribution is 14.0. The van der Waals surface area contributed by atoms with Gasteiger partial charge in [0.2, 0.25) is 5.91 Å². The van der Waals surface area contributed by atoms with Gasteiger partial charge in [-0.25, -0.2) is 0 Å². The molecule has 0 radical (unpaired) electrons. The zero-order valence-corrected chi connectivity index (χ0v) is 18.3. The molecule has 3 N–H and O–H groups in total. The monoisotopic (exact) mass is 488 g/mol. The lowest BCUT2D eigenvalue weighted by atomic mass is 10.2. The molecular weight excluding hydrogens is 463 g/mol. The van der Waals surface area contributed by atoms with Crippen LogP contribution in [0.4, 0.5) is 0 Å². The van der Waals surface area contributed by atoms with Crippen molar-refractivity contribution in [3.63, 3.8) is 0 Å². The number of hydrogen-bond acceptors (Lipinski definition) is 4. The van der Waals surface area contributed by atoms with E-state index in [4.69, 9.17) is 4.74 Å². The van der Waals surface area contributed by atoms with Crippen LogP contribution in [0.3, 0.4) is 0 Å². The molecular formula is C18H25IN4O2S. The fourth-order valence-electron chi connectivity index (χ4n) is 2.14. The van der Waals surface area contributed by atoms with E-state index in [9.17, 15) is 4.79 Å². The maximum absolute atomic E-state index is 12.0. The molecule has 0 spiro atoms. The average molecular weight is 488 g/mol. The van der Waals surface area contributed by atoms with Gasteiger partial charge in [0.25, 0.3) is 0 Å². The number of methoxy groups -OCH3 is 1. The van der Waals surface area contributed by atoms with Gasteiger partial charge in [0, 0.05) is 18.5 Å². The second-order valence-corrected chi connectivity index (χ2v) is 6.43. The van der Waals surface area contributed by atoms with E-state index in [1.807, 2.05) is 24.3 Å². The molecule has 0 aliphatic rings. The van der Waals surface area contributed by atoms with Crippen LogP contribution in [0.15, 0.2) is 40.7 Å². The largest absolute Gasteiger partial charge is 0.497 e. The smallest absolute Gasteiger partial charge is 0.239 e. The number of guanidine groups is 1. The van der Waals surface area contributed by atoms with Gasteiger partial charge in [-0.2, -0.15) is 0 Å². The number of carbonyl (C=O) groups is 1. The number of aryl methyl sites for hydroxylation is 1. The molecule has 1 aromatic carbocycles. The third-order valence-electron chi connectivity index (χ3n) is 3.67. The molecule has 6 nitrogen and oxygen atoms in total. The lowest BCUT2D eigenvalue weighted by Gasteiger charge is -2.12. The van der Waals surface area contributed by atoms with Crippen LogP contribution < -0.4 is 20.7 Å². The van der Waals surface area contributed by atoms with E-state index in [1.165, 1.54) is 10.4 Å². The Kier molecular flexibility index (Phi) is 10.0. The van der Waals surface area contributed by atoms with Gasteiger partial charge in [0.15, 0.2) is 5.96 Å². The van der Waals surface area contributed by atoms with E-state index in [0.29, 0.717) is 19.0 Å². The zero-order valence-electron chi connectivity index (χ0n) is 15.2. The van der Waals surface area contributed by atoms with Crippen molar-refractivity contribution in [3.8, 4) is 5.75 Å². The van der Waals surface area contributed by atoms with Crippen LogP contribution in [0.5, 0.6) is 5.75 Å². The highest BCUT2D eigenvalue weighted by Crippen LogP contribution is 2.14. The van der Waals surface area contributed by atoms with Crippen molar-refractivity contribution in [2.45, 2.75) is 20.0 Å². The van der Waals surface area contributed by atoms with Crippen molar-refractivity contribution >= 4 is 47.2 Å². The van der Waals surface area contributed by atoms with E-state index in [-0.39, 0.29) is 36.4 Å². The Balaban J connectivity index is 0.00000338. The first kappa shape index (κ1) is 22.2. The lowest BCUT2D eigenvalue weighted by molar-refractivity contribution is -0.120. The summed E-state index contributed by atoms with van der Waals surface area (Å²) in [4.78, 5) is 17.4. The van der Waals surface area contributed by atoms with Crippen molar-refractivity contribution < 1.29 is 9.53 Å². The van der Waals surface area contributed by atoms with Crippen LogP contribution in [0.1, 0.15) is 16.0 Å². The second-order valence-electron chi connectivity index (χ2n) is 5.43. The number of halogens is 1. The summed E-state index contributed by atoms with van der Waals surface area (Å²) >= 11 is 1.70. The highest BCUT2D eigenvalue weighted by atomic mass is 127.